The zero-order valence-electron chi connectivity index (χ0n) is 11.6. The quantitative estimate of drug-likeness (QED) is 0.791. The third-order valence-electron chi connectivity index (χ3n) is 3.15. The minimum Gasteiger partial charge on any atom is -0.211 e. The van der Waals surface area contributed by atoms with Gasteiger partial charge in [0.2, 0.25) is 10.0 Å². The lowest BCUT2D eigenvalue weighted by Gasteiger charge is -2.07. The first-order valence-electron chi connectivity index (χ1n) is 6.87. The molecule has 0 aliphatic carbocycles. The van der Waals surface area contributed by atoms with Crippen LogP contribution in [0.5, 0.6) is 0 Å². The lowest BCUT2D eigenvalue weighted by molar-refractivity contribution is 0.576. The SMILES string of the molecule is O=S(=O)(NCCCCc1ccccc1)c1ccc(Cl)cc1. The number of nitrogens with one attached hydrogen (secondary N) is 1. The van der Waals surface area contributed by atoms with Crippen molar-refractivity contribution in [2.45, 2.75) is 24.2 Å². The normalized spacial score (nSPS) is 11.5. The van der Waals surface area contributed by atoms with Crippen LogP contribution in [0.1, 0.15) is 18.4 Å². The molecule has 112 valence electrons. The Bertz CT molecular complexity index is 654. The number of hydrogen-bond donors (Lipinski definition) is 1. The highest BCUT2D eigenvalue weighted by Crippen LogP contribution is 2.14. The van der Waals surface area contributed by atoms with Crippen molar-refractivity contribution < 1.29 is 8.42 Å². The number of halogens is 1. The second-order valence-corrected chi connectivity index (χ2v) is 7.00. The van der Waals surface area contributed by atoms with Crippen molar-refractivity contribution in [3.63, 3.8) is 0 Å². The fourth-order valence-corrected chi connectivity index (χ4v) is 3.20. The molecule has 0 radical (unpaired) electrons. The summed E-state index contributed by atoms with van der Waals surface area (Å²) >= 11 is 5.75. The van der Waals surface area contributed by atoms with E-state index >= 15 is 0 Å². The van der Waals surface area contributed by atoms with Gasteiger partial charge in [0.1, 0.15) is 0 Å². The predicted molar refractivity (Wildman–Crippen MR) is 86.0 cm³/mol. The predicted octanol–water partition coefficient (Wildman–Crippen LogP) is 3.64. The molecular formula is C16H18ClNO2S. The Kier molecular flexibility index (Phi) is 5.79. The fraction of sp³-hybridized carbons (Fsp3) is 0.250. The molecule has 0 spiro atoms. The van der Waals surface area contributed by atoms with Crippen LogP contribution in [0.15, 0.2) is 59.5 Å². The third-order valence-corrected chi connectivity index (χ3v) is 4.88. The summed E-state index contributed by atoms with van der Waals surface area (Å²) in [6.07, 6.45) is 2.72. The summed E-state index contributed by atoms with van der Waals surface area (Å²) in [5, 5.41) is 0.525. The van der Waals surface area contributed by atoms with Gasteiger partial charge in [0.25, 0.3) is 0 Å². The Balaban J connectivity index is 1.76. The lowest BCUT2D eigenvalue weighted by atomic mass is 10.1. The van der Waals surface area contributed by atoms with Crippen LogP contribution in [0.2, 0.25) is 5.02 Å². The Hall–Kier alpha value is -1.36. The molecule has 0 aliphatic rings. The fourth-order valence-electron chi connectivity index (χ4n) is 2.00. The van der Waals surface area contributed by atoms with Crippen LogP contribution >= 0.6 is 11.6 Å². The summed E-state index contributed by atoms with van der Waals surface area (Å²) < 4.78 is 26.7. The number of rotatable bonds is 7. The van der Waals surface area contributed by atoms with E-state index in [0.29, 0.717) is 11.6 Å². The largest absolute Gasteiger partial charge is 0.240 e. The molecule has 1 N–H and O–H groups in total. The zero-order chi connectivity index (χ0) is 15.1. The molecule has 5 heteroatoms. The number of hydrogen-bond acceptors (Lipinski definition) is 2. The molecule has 2 aromatic rings. The monoisotopic (exact) mass is 323 g/mol. The van der Waals surface area contributed by atoms with E-state index in [9.17, 15) is 8.42 Å². The Morgan fingerprint density at radius 3 is 2.24 bits per heavy atom. The van der Waals surface area contributed by atoms with E-state index in [-0.39, 0.29) is 4.90 Å². The minimum absolute atomic E-state index is 0.245. The second kappa shape index (κ2) is 7.59. The highest BCUT2D eigenvalue weighted by atomic mass is 35.5. The average Bonchev–Trinajstić information content (AvgIpc) is 2.48. The summed E-state index contributed by atoms with van der Waals surface area (Å²) in [4.78, 5) is 0.245. The molecule has 21 heavy (non-hydrogen) atoms. The lowest BCUT2D eigenvalue weighted by Crippen LogP contribution is -2.24. The van der Waals surface area contributed by atoms with Crippen molar-refractivity contribution in [1.29, 1.82) is 0 Å². The maximum atomic E-state index is 12.0. The van der Waals surface area contributed by atoms with Gasteiger partial charge in [-0.05, 0) is 49.1 Å². The summed E-state index contributed by atoms with van der Waals surface area (Å²) in [6.45, 7) is 0.442. The van der Waals surface area contributed by atoms with Crippen LogP contribution in [-0.2, 0) is 16.4 Å². The van der Waals surface area contributed by atoms with Crippen LogP contribution in [0.25, 0.3) is 0 Å². The Morgan fingerprint density at radius 1 is 0.905 bits per heavy atom. The van der Waals surface area contributed by atoms with Crippen LogP contribution in [-0.4, -0.2) is 15.0 Å². The smallest absolute Gasteiger partial charge is 0.211 e. The van der Waals surface area contributed by atoms with Gasteiger partial charge in [-0.25, -0.2) is 13.1 Å². The van der Waals surface area contributed by atoms with Gasteiger partial charge in [0, 0.05) is 11.6 Å². The molecular weight excluding hydrogens is 306 g/mol. The molecule has 0 heterocycles. The van der Waals surface area contributed by atoms with E-state index in [2.05, 4.69) is 16.9 Å². The molecule has 0 fully saturated rings. The summed E-state index contributed by atoms with van der Waals surface area (Å²) in [6, 6.07) is 16.3. The molecule has 2 rings (SSSR count). The molecule has 0 atom stereocenters. The number of benzene rings is 2. The first-order chi connectivity index (χ1) is 10.1. The molecule has 2 aromatic carbocycles. The van der Waals surface area contributed by atoms with Crippen molar-refractivity contribution in [3.05, 3.63) is 65.2 Å². The van der Waals surface area contributed by atoms with Gasteiger partial charge >= 0.3 is 0 Å². The average molecular weight is 324 g/mol. The van der Waals surface area contributed by atoms with E-state index in [1.165, 1.54) is 17.7 Å². The van der Waals surface area contributed by atoms with Crippen molar-refractivity contribution >= 4 is 21.6 Å². The molecule has 0 saturated carbocycles. The number of sulfonamides is 1. The van der Waals surface area contributed by atoms with E-state index in [4.69, 9.17) is 11.6 Å². The van der Waals surface area contributed by atoms with Gasteiger partial charge in [0.15, 0.2) is 0 Å². The van der Waals surface area contributed by atoms with Gasteiger partial charge in [-0.2, -0.15) is 0 Å². The minimum atomic E-state index is -3.43. The number of unbranched alkanes of at least 4 members (excludes halogenated alkanes) is 1. The topological polar surface area (TPSA) is 46.2 Å². The zero-order valence-corrected chi connectivity index (χ0v) is 13.2. The summed E-state index contributed by atoms with van der Waals surface area (Å²) in [7, 11) is -3.43. The van der Waals surface area contributed by atoms with Crippen LogP contribution in [0.3, 0.4) is 0 Å². The molecule has 0 amide bonds. The molecule has 0 saturated heterocycles. The Labute approximate surface area is 131 Å². The summed E-state index contributed by atoms with van der Waals surface area (Å²) in [5.74, 6) is 0. The third kappa shape index (κ3) is 5.16. The van der Waals surface area contributed by atoms with E-state index in [1.54, 1.807) is 12.1 Å². The van der Waals surface area contributed by atoms with Gasteiger partial charge in [0.05, 0.1) is 4.90 Å². The van der Waals surface area contributed by atoms with Gasteiger partial charge in [-0.3, -0.25) is 0 Å². The molecule has 0 aliphatic heterocycles. The first kappa shape index (κ1) is 16.0. The number of aryl methyl sites for hydroxylation is 1. The molecule has 0 aromatic heterocycles. The standard InChI is InChI=1S/C16H18ClNO2S/c17-15-9-11-16(12-10-15)21(19,20)18-13-5-4-8-14-6-2-1-3-7-14/h1-3,6-7,9-12,18H,4-5,8,13H2. The van der Waals surface area contributed by atoms with Gasteiger partial charge in [-0.15, -0.1) is 0 Å². The van der Waals surface area contributed by atoms with Crippen LogP contribution < -0.4 is 4.72 Å². The first-order valence-corrected chi connectivity index (χ1v) is 8.73. The highest BCUT2D eigenvalue weighted by Gasteiger charge is 2.12. The van der Waals surface area contributed by atoms with Gasteiger partial charge in [-0.1, -0.05) is 41.9 Å². The highest BCUT2D eigenvalue weighted by molar-refractivity contribution is 7.89. The molecule has 3 nitrogen and oxygen atoms in total. The molecule has 0 bridgehead atoms. The summed E-state index contributed by atoms with van der Waals surface area (Å²) in [5.41, 5.74) is 1.28. The second-order valence-electron chi connectivity index (χ2n) is 4.79. The van der Waals surface area contributed by atoms with Crippen molar-refractivity contribution in [3.8, 4) is 0 Å². The van der Waals surface area contributed by atoms with Gasteiger partial charge < -0.3 is 0 Å². The maximum absolute atomic E-state index is 12.0. The van der Waals surface area contributed by atoms with E-state index in [0.717, 1.165) is 19.3 Å². The van der Waals surface area contributed by atoms with E-state index in [1.807, 2.05) is 18.2 Å². The van der Waals surface area contributed by atoms with Crippen molar-refractivity contribution in [1.82, 2.24) is 4.72 Å². The van der Waals surface area contributed by atoms with Crippen LogP contribution in [0.4, 0.5) is 0 Å². The Morgan fingerprint density at radius 2 is 1.57 bits per heavy atom. The van der Waals surface area contributed by atoms with Crippen molar-refractivity contribution in [2.24, 2.45) is 0 Å². The van der Waals surface area contributed by atoms with Crippen molar-refractivity contribution in [2.75, 3.05) is 6.54 Å². The van der Waals surface area contributed by atoms with Crippen LogP contribution in [0, 0.1) is 0 Å². The van der Waals surface area contributed by atoms with E-state index < -0.39 is 10.0 Å². The maximum Gasteiger partial charge on any atom is 0.240 e. The molecule has 0 unspecified atom stereocenters.